The normalized spacial score (nSPS) is 10.5. The molecule has 0 aromatic heterocycles. The molecule has 1 aliphatic carbocycles. The first kappa shape index (κ1) is 33.4. The summed E-state index contributed by atoms with van der Waals surface area (Å²) in [6.45, 7) is 11.7. The number of hydrogen-bond donors (Lipinski definition) is 0. The molecule has 0 atom stereocenters. The molecule has 0 aliphatic heterocycles. The third-order valence-corrected chi connectivity index (χ3v) is 6.22. The van der Waals surface area contributed by atoms with Crippen molar-refractivity contribution in [2.24, 2.45) is 0 Å². The van der Waals surface area contributed by atoms with E-state index in [0.717, 1.165) is 13.0 Å². The number of halogens is 2. The van der Waals surface area contributed by atoms with E-state index in [1.807, 2.05) is 19.0 Å². The molecule has 0 radical (unpaired) electrons. The van der Waals surface area contributed by atoms with Crippen molar-refractivity contribution in [1.29, 1.82) is 0 Å². The Kier molecular flexibility index (Phi) is 15.4. The third kappa shape index (κ3) is 8.96. The molecule has 37 heavy (non-hydrogen) atoms. The molecule has 5 heteroatoms. The van der Waals surface area contributed by atoms with Crippen molar-refractivity contribution >= 4 is 12.6 Å². The van der Waals surface area contributed by atoms with Crippen LogP contribution in [0.5, 0.6) is 0 Å². The summed E-state index contributed by atoms with van der Waals surface area (Å²) in [4.78, 5) is 0. The van der Waals surface area contributed by atoms with Gasteiger partial charge in [0.05, 0.1) is 0 Å². The smallest absolute Gasteiger partial charge is 0.0253 e. The molecule has 1 aliphatic rings. The molecule has 0 unspecified atom stereocenters. The Bertz CT molecular complexity index is 1160. The molecule has 0 heterocycles. The Balaban J connectivity index is 0.000000349. The maximum Gasteiger partial charge on any atom is -0.0253 e. The van der Waals surface area contributed by atoms with Gasteiger partial charge in [-0.15, -0.1) is 17.8 Å². The van der Waals surface area contributed by atoms with Gasteiger partial charge in [0.15, 0.2) is 0 Å². The summed E-state index contributed by atoms with van der Waals surface area (Å²) < 4.78 is 0. The average molecular weight is 624 g/mol. The van der Waals surface area contributed by atoms with Crippen LogP contribution >= 0.6 is 0 Å². The van der Waals surface area contributed by atoms with Gasteiger partial charge >= 0.3 is 30.2 Å². The fourth-order valence-corrected chi connectivity index (χ4v) is 4.45. The Morgan fingerprint density at radius 3 is 1.92 bits per heavy atom. The summed E-state index contributed by atoms with van der Waals surface area (Å²) in [6, 6.07) is 35.1. The second-order valence-corrected chi connectivity index (χ2v) is 9.29. The number of rotatable bonds is 5. The van der Waals surface area contributed by atoms with Crippen LogP contribution in [0.2, 0.25) is 0 Å². The van der Waals surface area contributed by atoms with Gasteiger partial charge < -0.3 is 30.1 Å². The van der Waals surface area contributed by atoms with Crippen molar-refractivity contribution in [1.82, 2.24) is 0 Å². The minimum absolute atomic E-state index is 0. The summed E-state index contributed by atoms with van der Waals surface area (Å²) in [5, 5.41) is 4.92. The summed E-state index contributed by atoms with van der Waals surface area (Å²) in [5.74, 6) is 1.01. The maximum absolute atomic E-state index is 4.92. The van der Waals surface area contributed by atoms with Crippen molar-refractivity contribution < 1.29 is 48.1 Å². The van der Waals surface area contributed by atoms with E-state index in [4.69, 9.17) is 5.32 Å². The van der Waals surface area contributed by atoms with Gasteiger partial charge in [0.25, 0.3) is 0 Å². The van der Waals surface area contributed by atoms with Crippen LogP contribution in [-0.2, 0) is 36.3 Å². The van der Waals surface area contributed by atoms with Crippen LogP contribution in [0.15, 0.2) is 91.0 Å². The van der Waals surface area contributed by atoms with Gasteiger partial charge in [0, 0.05) is 0 Å². The topological polar surface area (TPSA) is 14.1 Å². The Morgan fingerprint density at radius 2 is 1.30 bits per heavy atom. The molecule has 192 valence electrons. The number of fused-ring (bicyclic) bond motifs is 3. The van der Waals surface area contributed by atoms with Gasteiger partial charge in [0.1, 0.15) is 0 Å². The number of hydrogen-bond acceptors (Lipinski definition) is 0. The minimum Gasteiger partial charge on any atom is -0.179 e. The molecule has 1 nitrogen and oxygen atoms in total. The average Bonchev–Trinajstić information content (AvgIpc) is 3.28. The number of nitrogens with zero attached hydrogens (tertiary/aromatic N) is 1. The van der Waals surface area contributed by atoms with E-state index in [0.29, 0.717) is 11.8 Å². The van der Waals surface area contributed by atoms with Gasteiger partial charge in [-0.05, 0) is 18.3 Å². The molecule has 0 N–H and O–H groups in total. The van der Waals surface area contributed by atoms with E-state index in [-0.39, 0.29) is 24.8 Å². The summed E-state index contributed by atoms with van der Waals surface area (Å²) >= 11 is 1.58. The van der Waals surface area contributed by atoms with Crippen LogP contribution in [0.3, 0.4) is 0 Å². The van der Waals surface area contributed by atoms with Gasteiger partial charge in [-0.1, -0.05) is 128 Å². The van der Waals surface area contributed by atoms with Gasteiger partial charge in [0.2, 0.25) is 0 Å². The quantitative estimate of drug-likeness (QED) is 0.211. The first-order valence-corrected chi connectivity index (χ1v) is 18.2. The van der Waals surface area contributed by atoms with Crippen molar-refractivity contribution in [3.8, 4) is 11.1 Å². The molecule has 0 amide bonds. The second-order valence-electron chi connectivity index (χ2n) is 9.29. The maximum atomic E-state index is 4.92. The predicted molar refractivity (Wildman–Crippen MR) is 150 cm³/mol. The molecule has 0 spiro atoms. The van der Waals surface area contributed by atoms with Crippen LogP contribution in [0, 0.1) is 6.07 Å². The summed E-state index contributed by atoms with van der Waals surface area (Å²) in [6.07, 6.45) is 1.05. The monoisotopic (exact) mass is 621 g/mol. The van der Waals surface area contributed by atoms with E-state index in [1.54, 1.807) is 23.3 Å². The van der Waals surface area contributed by atoms with E-state index < -0.39 is 0 Å². The molecule has 4 aromatic rings. The summed E-state index contributed by atoms with van der Waals surface area (Å²) in [7, 11) is 0. The van der Waals surface area contributed by atoms with Crippen LogP contribution in [0.1, 0.15) is 67.3 Å². The van der Waals surface area contributed by atoms with Gasteiger partial charge in [-0.2, -0.15) is 29.8 Å². The molecule has 0 bridgehead atoms. The summed E-state index contributed by atoms with van der Waals surface area (Å²) in [5.41, 5.74) is 10.7. The van der Waals surface area contributed by atoms with Crippen LogP contribution < -0.4 is 24.8 Å². The Hall–Kier alpha value is -1.64. The molecular weight excluding hydrogens is 589 g/mol. The molecule has 0 saturated heterocycles. The zero-order valence-corrected chi connectivity index (χ0v) is 27.5. The second kappa shape index (κ2) is 17.0. The number of benzene rings is 4. The van der Waals surface area contributed by atoms with Crippen molar-refractivity contribution in [3.05, 3.63) is 130 Å². The Labute approximate surface area is 252 Å². The SMILES string of the molecule is CC(C)c1cccc(C(C)C)c1[N-]Cc1ccccc1.[Cl-].[Cl-].[SiH2]=[Zr+2].[c-]1cccc2c1Cc1ccccc1-2. The first-order chi connectivity index (χ1) is 17.0. The molecular formula is C32H35Cl2NSiZr-2. The van der Waals surface area contributed by atoms with Crippen molar-refractivity contribution in [2.75, 3.05) is 0 Å². The van der Waals surface area contributed by atoms with Crippen LogP contribution in [-0.4, -0.2) is 6.88 Å². The van der Waals surface area contributed by atoms with Crippen LogP contribution in [0.4, 0.5) is 5.69 Å². The van der Waals surface area contributed by atoms with Crippen molar-refractivity contribution in [3.63, 3.8) is 0 Å². The standard InChI is InChI=1S/C19H24N.C13H9.2ClH.H2Si.Zr/c1-14(2)17-11-8-12-18(15(3)4)19(17)20-13-16-9-6-5-7-10-16;1-3-7-12-10(5-1)9-11-6-2-4-8-13(11)12;;;;/h5-12,14-15H,13H2,1-4H3;1-5,7-8H,9H2;2*1H;1H2;/q2*-1;;;;+2/p-2. The molecule has 0 fully saturated rings. The van der Waals surface area contributed by atoms with Crippen LogP contribution in [0.25, 0.3) is 16.4 Å². The number of para-hydroxylation sites is 1. The third-order valence-electron chi connectivity index (χ3n) is 6.22. The Morgan fingerprint density at radius 1 is 0.730 bits per heavy atom. The van der Waals surface area contributed by atoms with E-state index in [9.17, 15) is 0 Å². The largest absolute Gasteiger partial charge is 0.179 e. The van der Waals surface area contributed by atoms with Crippen molar-refractivity contribution in [2.45, 2.75) is 52.5 Å². The van der Waals surface area contributed by atoms with E-state index in [1.165, 1.54) is 44.6 Å². The molecule has 0 saturated carbocycles. The predicted octanol–water partition coefficient (Wildman–Crippen LogP) is 2.29. The fourth-order valence-electron chi connectivity index (χ4n) is 4.45. The van der Waals surface area contributed by atoms with Gasteiger partial charge in [-0.25, -0.2) is 0 Å². The minimum atomic E-state index is 0. The fraction of sp³-hybridized carbons (Fsp3) is 0.250. The first-order valence-electron chi connectivity index (χ1n) is 12.3. The molecule has 4 aromatic carbocycles. The van der Waals surface area contributed by atoms with E-state index in [2.05, 4.69) is 113 Å². The van der Waals surface area contributed by atoms with E-state index >= 15 is 0 Å². The zero-order chi connectivity index (χ0) is 25.2. The van der Waals surface area contributed by atoms with Gasteiger partial charge in [-0.3, -0.25) is 0 Å². The zero-order valence-electron chi connectivity index (χ0n) is 22.1. The molecule has 5 rings (SSSR count).